The maximum atomic E-state index is 15.6. The van der Waals surface area contributed by atoms with Gasteiger partial charge in [0.1, 0.15) is 40.9 Å². The molecule has 0 radical (unpaired) electrons. The van der Waals surface area contributed by atoms with E-state index in [2.05, 4.69) is 43.0 Å². The first-order valence-electron chi connectivity index (χ1n) is 22.8. The third-order valence-electron chi connectivity index (χ3n) is 12.9. The molecular weight excluding hydrogens is 1080 g/mol. The number of piperazine rings is 1. The summed E-state index contributed by atoms with van der Waals surface area (Å²) < 4.78 is 199. The van der Waals surface area contributed by atoms with Gasteiger partial charge in [-0.2, -0.15) is 49.6 Å². The van der Waals surface area contributed by atoms with Crippen LogP contribution in [-0.2, 0) is 56.3 Å². The zero-order valence-electron chi connectivity index (χ0n) is 39.9. The second kappa shape index (κ2) is 19.8. The number of halogens is 11. The van der Waals surface area contributed by atoms with Crippen LogP contribution in [0.3, 0.4) is 0 Å². The smallest absolute Gasteiger partial charge is 0.346 e. The molecule has 1 aliphatic heterocycles. The first-order chi connectivity index (χ1) is 34.7. The number of carbonyl (C=O) groups is 2. The number of rotatable bonds is 14. The third kappa shape index (κ3) is 11.6. The number of pyridine rings is 1. The largest absolute Gasteiger partial charge is 0.435 e. The van der Waals surface area contributed by atoms with Crippen molar-refractivity contribution in [3.8, 4) is 23.0 Å². The SMILES string of the molecule is CC(C)(C#Cc1ccc(-c2ccc(Cl)c3c(N(C(=O)NCCN4CCNCC4)S(C)(=O)=O)nn(CC(F)(F)F)c23)c([C@H](Cc2cc(F)cc(F)c2)NC(=O)Cn2nc(C(F)(F)F)c3c2C(F)(F)[C@@H]2C[C@H]32)n1)S(C)(=O)=O. The van der Waals surface area contributed by atoms with E-state index in [0.717, 1.165) is 30.5 Å². The van der Waals surface area contributed by atoms with E-state index < -0.39 is 148 Å². The van der Waals surface area contributed by atoms with Crippen molar-refractivity contribution in [2.45, 2.75) is 74.8 Å². The molecular formula is C46H45ClF10N10O6S2. The summed E-state index contributed by atoms with van der Waals surface area (Å²) in [5.41, 5.74) is -5.70. The number of nitrogens with zero attached hydrogens (tertiary/aromatic N) is 7. The van der Waals surface area contributed by atoms with Crippen molar-refractivity contribution in [1.29, 1.82) is 0 Å². The van der Waals surface area contributed by atoms with Gasteiger partial charge in [0.25, 0.3) is 5.92 Å². The average molecular weight is 1120 g/mol. The van der Waals surface area contributed by atoms with E-state index in [1.807, 2.05) is 4.90 Å². The number of sulfone groups is 1. The van der Waals surface area contributed by atoms with Gasteiger partial charge in [0, 0.05) is 74.2 Å². The number of benzene rings is 2. The van der Waals surface area contributed by atoms with Crippen LogP contribution < -0.4 is 20.3 Å². The van der Waals surface area contributed by atoms with Crippen LogP contribution in [0.1, 0.15) is 66.1 Å². The highest BCUT2D eigenvalue weighted by molar-refractivity contribution is 7.93. The van der Waals surface area contributed by atoms with E-state index in [1.165, 1.54) is 26.0 Å². The number of carbonyl (C=O) groups excluding carboxylic acids is 2. The molecule has 3 aromatic heterocycles. The minimum Gasteiger partial charge on any atom is -0.346 e. The number of sulfonamides is 1. The van der Waals surface area contributed by atoms with Crippen molar-refractivity contribution in [3.63, 3.8) is 0 Å². The summed E-state index contributed by atoms with van der Waals surface area (Å²) in [7, 11) is -8.66. The fourth-order valence-electron chi connectivity index (χ4n) is 9.13. The molecule has 404 valence electrons. The standard InChI is InChI=1S/C46H45ClF10N10O6S2/c1-43(2,74(3,70)71)10-9-27-5-6-28(29-7-8-32(47)36-38(29)66(23-44(50,51)52)63-41(36)67(75(4,72)73)42(69)59-13-16-64-14-11-58-12-15-64)37(60-27)33(19-24-17-25(48)20-26(49)18-24)61-34(68)22-65-40-35(39(62-65)46(55,56)57)30-21-31(30)45(40,53)54/h5-8,17-18,20,30-31,33,58H,11-16,19,21-23H2,1-4H3,(H,59,69)(H,61,68)/t30-,31+,33-/m0/s1. The van der Waals surface area contributed by atoms with Crippen molar-refractivity contribution in [2.75, 3.05) is 56.1 Å². The lowest BCUT2D eigenvalue weighted by atomic mass is 9.93. The van der Waals surface area contributed by atoms with Crippen LogP contribution in [0.25, 0.3) is 22.0 Å². The van der Waals surface area contributed by atoms with Crippen molar-refractivity contribution < 1.29 is 70.3 Å². The Kier molecular flexibility index (Phi) is 14.6. The summed E-state index contributed by atoms with van der Waals surface area (Å²) in [5.74, 6) is -5.85. The van der Waals surface area contributed by atoms with Gasteiger partial charge in [-0.25, -0.2) is 35.4 Å². The zero-order chi connectivity index (χ0) is 55.0. The third-order valence-corrected chi connectivity index (χ3v) is 16.2. The van der Waals surface area contributed by atoms with E-state index in [1.54, 1.807) is 0 Å². The molecule has 1 saturated carbocycles. The number of urea groups is 1. The quantitative estimate of drug-likeness (QED) is 0.0795. The fourth-order valence-corrected chi connectivity index (χ4v) is 10.4. The van der Waals surface area contributed by atoms with E-state index in [0.29, 0.717) is 43.2 Å². The second-order valence-electron chi connectivity index (χ2n) is 18.9. The maximum absolute atomic E-state index is 15.6. The number of hydrogen-bond donors (Lipinski definition) is 3. The Morgan fingerprint density at radius 3 is 2.21 bits per heavy atom. The van der Waals surface area contributed by atoms with E-state index >= 15 is 8.78 Å². The van der Waals surface area contributed by atoms with Crippen LogP contribution in [0.4, 0.5) is 54.5 Å². The number of aromatic nitrogens is 5. The highest BCUT2D eigenvalue weighted by atomic mass is 35.5. The maximum Gasteiger partial charge on any atom is 0.435 e. The Balaban J connectivity index is 1.32. The molecule has 2 aliphatic carbocycles. The van der Waals surface area contributed by atoms with Crippen molar-refractivity contribution in [1.82, 2.24) is 45.4 Å². The molecule has 5 aromatic rings. The van der Waals surface area contributed by atoms with Gasteiger partial charge in [-0.05, 0) is 74.4 Å². The molecule has 0 bridgehead atoms. The number of amides is 3. The summed E-state index contributed by atoms with van der Waals surface area (Å²) in [5, 5.41) is 14.5. The highest BCUT2D eigenvalue weighted by Gasteiger charge is 2.68. The highest BCUT2D eigenvalue weighted by Crippen LogP contribution is 2.68. The summed E-state index contributed by atoms with van der Waals surface area (Å²) in [6.45, 7) is 1.87. The predicted molar refractivity (Wildman–Crippen MR) is 253 cm³/mol. The number of anilines is 1. The Morgan fingerprint density at radius 2 is 1.60 bits per heavy atom. The Bertz CT molecular complexity index is 3380. The molecule has 29 heteroatoms. The van der Waals surface area contributed by atoms with E-state index in [9.17, 15) is 61.5 Å². The van der Waals surface area contributed by atoms with Crippen molar-refractivity contribution in [2.24, 2.45) is 5.92 Å². The zero-order valence-corrected chi connectivity index (χ0v) is 42.3. The first kappa shape index (κ1) is 55.2. The Morgan fingerprint density at radius 1 is 0.947 bits per heavy atom. The van der Waals surface area contributed by atoms with Gasteiger partial charge in [0.15, 0.2) is 21.3 Å². The lowest BCUT2D eigenvalue weighted by Crippen LogP contribution is -2.49. The van der Waals surface area contributed by atoms with Crippen LogP contribution in [-0.4, -0.2) is 121 Å². The molecule has 16 nitrogen and oxygen atoms in total. The number of alkyl halides is 8. The number of fused-ring (bicyclic) bond motifs is 4. The summed E-state index contributed by atoms with van der Waals surface area (Å²) in [6, 6.07) is 3.64. The molecule has 3 N–H and O–H groups in total. The molecule has 8 rings (SSSR count). The van der Waals surface area contributed by atoms with Crippen molar-refractivity contribution >= 4 is 60.1 Å². The first-order valence-corrected chi connectivity index (χ1v) is 26.9. The molecule has 1 saturated heterocycles. The van der Waals surface area contributed by atoms with Crippen LogP contribution in [0, 0.1) is 29.4 Å². The van der Waals surface area contributed by atoms with Gasteiger partial charge in [0.05, 0.1) is 33.9 Å². The Labute approximate surface area is 427 Å². The average Bonchev–Trinajstić information content (AvgIpc) is 3.80. The predicted octanol–water partition coefficient (Wildman–Crippen LogP) is 6.67. The van der Waals surface area contributed by atoms with Gasteiger partial charge in [0.2, 0.25) is 15.9 Å². The van der Waals surface area contributed by atoms with Crippen molar-refractivity contribution in [3.05, 3.63) is 93.0 Å². The lowest BCUT2D eigenvalue weighted by Gasteiger charge is -2.27. The minimum absolute atomic E-state index is 0.116. The van der Waals surface area contributed by atoms with Crippen LogP contribution >= 0.6 is 11.6 Å². The molecule has 75 heavy (non-hydrogen) atoms. The van der Waals surface area contributed by atoms with E-state index in [-0.39, 0.29) is 50.9 Å². The lowest BCUT2D eigenvalue weighted by molar-refractivity contribution is -0.143. The van der Waals surface area contributed by atoms with Crippen LogP contribution in [0.15, 0.2) is 42.5 Å². The second-order valence-corrected chi connectivity index (χ2v) is 23.7. The summed E-state index contributed by atoms with van der Waals surface area (Å²) >= 11 is 6.70. The molecule has 3 aliphatic rings. The normalized spacial score (nSPS) is 18.2. The molecule has 0 spiro atoms. The van der Waals surface area contributed by atoms with E-state index in [4.69, 9.17) is 11.6 Å². The molecule has 2 fully saturated rings. The van der Waals surface area contributed by atoms with Gasteiger partial charge in [-0.3, -0.25) is 19.1 Å². The summed E-state index contributed by atoms with van der Waals surface area (Å²) in [4.78, 5) is 34.6. The Hall–Kier alpha value is -6.02. The van der Waals surface area contributed by atoms with Gasteiger partial charge in [-0.1, -0.05) is 23.6 Å². The molecule has 4 heterocycles. The van der Waals surface area contributed by atoms with Crippen LogP contribution in [0.5, 0.6) is 0 Å². The van der Waals surface area contributed by atoms with Gasteiger partial charge >= 0.3 is 18.4 Å². The summed E-state index contributed by atoms with van der Waals surface area (Å²) in [6.07, 6.45) is -9.80. The molecule has 0 unspecified atom stereocenters. The van der Waals surface area contributed by atoms with Crippen LogP contribution in [0.2, 0.25) is 5.02 Å². The van der Waals surface area contributed by atoms with Gasteiger partial charge in [-0.15, -0.1) is 0 Å². The number of hydrogen-bond acceptors (Lipinski definition) is 11. The topological polar surface area (TPSA) is 194 Å². The number of nitrogens with one attached hydrogen (secondary N) is 3. The monoisotopic (exact) mass is 1120 g/mol. The molecule has 2 aromatic carbocycles. The minimum atomic E-state index is -5.22. The molecule has 3 atom stereocenters. The van der Waals surface area contributed by atoms with Gasteiger partial charge < -0.3 is 16.0 Å². The fraction of sp³-hybridized carbons (Fsp3) is 0.457. The molecule has 3 amide bonds.